The lowest BCUT2D eigenvalue weighted by atomic mass is 10.1. The van der Waals surface area contributed by atoms with Crippen LogP contribution >= 0.6 is 24.0 Å². The first-order valence-electron chi connectivity index (χ1n) is 7.87. The first-order chi connectivity index (χ1) is 11.0. The van der Waals surface area contributed by atoms with Crippen molar-refractivity contribution >= 4 is 41.5 Å². The van der Waals surface area contributed by atoms with E-state index in [0.29, 0.717) is 17.6 Å². The molecule has 132 valence electrons. The fraction of sp³-hybridized carbons (Fsp3) is 0.444. The van der Waals surface area contributed by atoms with Crippen molar-refractivity contribution < 1.29 is 4.79 Å². The number of halogens is 1. The Morgan fingerprint density at radius 2 is 2.04 bits per heavy atom. The summed E-state index contributed by atoms with van der Waals surface area (Å²) in [4.78, 5) is 16.3. The third-order valence-corrected chi connectivity index (χ3v) is 3.40. The average Bonchev–Trinajstić information content (AvgIpc) is 2.52. The van der Waals surface area contributed by atoms with Crippen molar-refractivity contribution in [3.05, 3.63) is 29.8 Å². The van der Waals surface area contributed by atoms with Crippen molar-refractivity contribution in [1.82, 2.24) is 10.6 Å². The van der Waals surface area contributed by atoms with E-state index in [9.17, 15) is 4.79 Å². The number of nitrogens with zero attached hydrogens (tertiary/aromatic N) is 1. The normalized spacial score (nSPS) is 11.9. The molecule has 0 heterocycles. The molecule has 1 aromatic carbocycles. The second kappa shape index (κ2) is 11.7. The number of aliphatic imine (C=N–C) groups is 1. The minimum Gasteiger partial charge on any atom is -0.357 e. The number of benzene rings is 1. The number of guanidine groups is 1. The molecule has 3 N–H and O–H groups in total. The number of amides is 1. The molecule has 1 rings (SSSR count). The second-order valence-electron chi connectivity index (χ2n) is 5.65. The minimum atomic E-state index is -0.187. The number of rotatable bonds is 6. The Kier molecular flexibility index (Phi) is 10.9. The Labute approximate surface area is 162 Å². The van der Waals surface area contributed by atoms with Gasteiger partial charge in [0.2, 0.25) is 5.91 Å². The van der Waals surface area contributed by atoms with Gasteiger partial charge in [-0.05, 0) is 38.0 Å². The van der Waals surface area contributed by atoms with Crippen molar-refractivity contribution in [2.24, 2.45) is 10.9 Å². The summed E-state index contributed by atoms with van der Waals surface area (Å²) in [5, 5.41) is 9.22. The van der Waals surface area contributed by atoms with E-state index in [4.69, 9.17) is 6.42 Å². The van der Waals surface area contributed by atoms with E-state index >= 15 is 0 Å². The van der Waals surface area contributed by atoms with Gasteiger partial charge < -0.3 is 16.0 Å². The molecule has 0 spiro atoms. The highest BCUT2D eigenvalue weighted by atomic mass is 127. The maximum Gasteiger partial charge on any atom is 0.246 e. The smallest absolute Gasteiger partial charge is 0.246 e. The Morgan fingerprint density at radius 1 is 1.33 bits per heavy atom. The molecule has 5 nitrogen and oxygen atoms in total. The highest BCUT2D eigenvalue weighted by molar-refractivity contribution is 14.0. The lowest BCUT2D eigenvalue weighted by Gasteiger charge is -2.20. The van der Waals surface area contributed by atoms with Crippen LogP contribution in [0, 0.1) is 18.3 Å². The van der Waals surface area contributed by atoms with E-state index in [1.165, 1.54) is 0 Å². The Balaban J connectivity index is 0.00000529. The predicted octanol–water partition coefficient (Wildman–Crippen LogP) is 2.82. The molecule has 0 aromatic heterocycles. The van der Waals surface area contributed by atoms with Gasteiger partial charge in [0.25, 0.3) is 0 Å². The molecule has 0 fully saturated rings. The summed E-state index contributed by atoms with van der Waals surface area (Å²) < 4.78 is 0. The van der Waals surface area contributed by atoms with Crippen LogP contribution < -0.4 is 16.0 Å². The monoisotopic (exact) mass is 442 g/mol. The number of nitrogens with one attached hydrogen (secondary N) is 3. The molecule has 0 saturated carbocycles. The van der Waals surface area contributed by atoms with Gasteiger partial charge >= 0.3 is 0 Å². The van der Waals surface area contributed by atoms with Crippen LogP contribution in [0.2, 0.25) is 0 Å². The fourth-order valence-corrected chi connectivity index (χ4v) is 1.74. The van der Waals surface area contributed by atoms with E-state index in [0.717, 1.165) is 12.1 Å². The van der Waals surface area contributed by atoms with Gasteiger partial charge in [-0.25, -0.2) is 4.99 Å². The largest absolute Gasteiger partial charge is 0.357 e. The van der Waals surface area contributed by atoms with Gasteiger partial charge in [0.15, 0.2) is 5.96 Å². The first-order valence-corrected chi connectivity index (χ1v) is 7.87. The lowest BCUT2D eigenvalue weighted by molar-refractivity contribution is -0.114. The molecule has 1 aromatic rings. The van der Waals surface area contributed by atoms with E-state index in [-0.39, 0.29) is 42.5 Å². The predicted molar refractivity (Wildman–Crippen MR) is 112 cm³/mol. The summed E-state index contributed by atoms with van der Waals surface area (Å²) in [6.07, 6.45) is 5.35. The molecule has 24 heavy (non-hydrogen) atoms. The highest BCUT2D eigenvalue weighted by Crippen LogP contribution is 2.09. The van der Waals surface area contributed by atoms with Crippen LogP contribution in [-0.2, 0) is 4.79 Å². The van der Waals surface area contributed by atoms with Gasteiger partial charge in [0.1, 0.15) is 6.54 Å². The minimum absolute atomic E-state index is 0. The third-order valence-electron chi connectivity index (χ3n) is 3.40. The van der Waals surface area contributed by atoms with Crippen LogP contribution in [0.4, 0.5) is 5.69 Å². The summed E-state index contributed by atoms with van der Waals surface area (Å²) in [6.45, 7) is 9.12. The molecular formula is C18H27IN4O. The topological polar surface area (TPSA) is 65.5 Å². The zero-order valence-electron chi connectivity index (χ0n) is 14.7. The molecule has 0 aliphatic rings. The quantitative estimate of drug-likeness (QED) is 0.275. The average molecular weight is 442 g/mol. The van der Waals surface area contributed by atoms with Crippen molar-refractivity contribution in [1.29, 1.82) is 0 Å². The Morgan fingerprint density at radius 3 is 2.62 bits per heavy atom. The van der Waals surface area contributed by atoms with Crippen LogP contribution in [0.15, 0.2) is 29.3 Å². The fourth-order valence-electron chi connectivity index (χ4n) is 1.74. The standard InChI is InChI=1S/C18H26N4O.HI/c1-6-15-9-8-10-16(11-15)22-17(23)12-20-18(19-7-2)21-14(5)13(3)4;/h1,8-11,13-14H,7,12H2,2-5H3,(H,22,23)(H2,19,20,21);1H. The maximum absolute atomic E-state index is 12.0. The van der Waals surface area contributed by atoms with Crippen molar-refractivity contribution in [2.75, 3.05) is 18.4 Å². The molecule has 6 heteroatoms. The molecule has 0 aliphatic heterocycles. The molecule has 0 saturated heterocycles. The number of carbonyl (C=O) groups excluding carboxylic acids is 1. The lowest BCUT2D eigenvalue weighted by Crippen LogP contribution is -2.44. The van der Waals surface area contributed by atoms with E-state index < -0.39 is 0 Å². The van der Waals surface area contributed by atoms with E-state index in [1.807, 2.05) is 19.1 Å². The molecule has 1 atom stereocenters. The van der Waals surface area contributed by atoms with Crippen molar-refractivity contribution in [3.8, 4) is 12.3 Å². The molecule has 0 bridgehead atoms. The van der Waals surface area contributed by atoms with Gasteiger partial charge in [-0.2, -0.15) is 0 Å². The van der Waals surface area contributed by atoms with Crippen LogP contribution in [0.25, 0.3) is 0 Å². The zero-order valence-corrected chi connectivity index (χ0v) is 17.0. The van der Waals surface area contributed by atoms with Gasteiger partial charge in [-0.15, -0.1) is 30.4 Å². The maximum atomic E-state index is 12.0. The van der Waals surface area contributed by atoms with Crippen molar-refractivity contribution in [3.63, 3.8) is 0 Å². The van der Waals surface area contributed by atoms with E-state index in [2.05, 4.69) is 47.6 Å². The van der Waals surface area contributed by atoms with Crippen molar-refractivity contribution in [2.45, 2.75) is 33.7 Å². The van der Waals surface area contributed by atoms with E-state index in [1.54, 1.807) is 12.1 Å². The molecular weight excluding hydrogens is 415 g/mol. The van der Waals surface area contributed by atoms with Gasteiger partial charge in [-0.3, -0.25) is 4.79 Å². The number of terminal acetylenes is 1. The second-order valence-corrected chi connectivity index (χ2v) is 5.65. The Hall–Kier alpha value is -1.75. The van der Waals surface area contributed by atoms with Crippen LogP contribution in [0.1, 0.15) is 33.3 Å². The van der Waals surface area contributed by atoms with Gasteiger partial charge in [0.05, 0.1) is 0 Å². The number of anilines is 1. The molecule has 1 unspecified atom stereocenters. The van der Waals surface area contributed by atoms with Crippen LogP contribution in [0.5, 0.6) is 0 Å². The zero-order chi connectivity index (χ0) is 17.2. The summed E-state index contributed by atoms with van der Waals surface area (Å²) in [5.41, 5.74) is 1.40. The summed E-state index contributed by atoms with van der Waals surface area (Å²) in [5.74, 6) is 3.47. The highest BCUT2D eigenvalue weighted by Gasteiger charge is 2.09. The number of hydrogen-bond acceptors (Lipinski definition) is 2. The molecule has 0 radical (unpaired) electrons. The van der Waals surface area contributed by atoms with Crippen LogP contribution in [-0.4, -0.2) is 31.0 Å². The summed E-state index contributed by atoms with van der Waals surface area (Å²) in [7, 11) is 0. The first kappa shape index (κ1) is 22.2. The number of carbonyl (C=O) groups is 1. The molecule has 1 amide bonds. The Bertz CT molecular complexity index is 593. The molecule has 0 aliphatic carbocycles. The van der Waals surface area contributed by atoms with Gasteiger partial charge in [0, 0.05) is 23.8 Å². The summed E-state index contributed by atoms with van der Waals surface area (Å²) >= 11 is 0. The van der Waals surface area contributed by atoms with Gasteiger partial charge in [-0.1, -0.05) is 25.8 Å². The SMILES string of the molecule is C#Cc1cccc(NC(=O)CN=C(NCC)NC(C)C(C)C)c1.I. The third kappa shape index (κ3) is 8.20. The van der Waals surface area contributed by atoms with Crippen LogP contribution in [0.3, 0.4) is 0 Å². The summed E-state index contributed by atoms with van der Waals surface area (Å²) in [6, 6.07) is 7.44. The number of hydrogen-bond donors (Lipinski definition) is 3.